The van der Waals surface area contributed by atoms with Crippen molar-refractivity contribution in [3.8, 4) is 5.75 Å². The molecule has 4 aromatic carbocycles. The molecule has 43 heavy (non-hydrogen) atoms. The van der Waals surface area contributed by atoms with Crippen LogP contribution in [0, 0.1) is 6.92 Å². The minimum absolute atomic E-state index is 0.262. The van der Waals surface area contributed by atoms with Crippen LogP contribution in [0.3, 0.4) is 0 Å². The van der Waals surface area contributed by atoms with E-state index < -0.39 is 18.1 Å². The largest absolute Gasteiger partial charge is 0.497 e. The summed E-state index contributed by atoms with van der Waals surface area (Å²) in [5, 5.41) is 3.98. The highest BCUT2D eigenvalue weighted by Crippen LogP contribution is 2.45. The average Bonchev–Trinajstić information content (AvgIpc) is 3.53. The zero-order valence-electron chi connectivity index (χ0n) is 23.8. The lowest BCUT2D eigenvalue weighted by Crippen LogP contribution is -2.44. The number of carbonyl (C=O) groups excluding carboxylic acids is 3. The number of fused-ring (bicyclic) bond motifs is 4. The normalized spacial score (nSPS) is 17.6. The Bertz CT molecular complexity index is 1890. The second-order valence-corrected chi connectivity index (χ2v) is 11.0. The predicted octanol–water partition coefficient (Wildman–Crippen LogP) is 5.90. The summed E-state index contributed by atoms with van der Waals surface area (Å²) in [6.45, 7) is 2.33. The molecule has 2 aliphatic rings. The molecule has 1 aromatic heterocycles. The van der Waals surface area contributed by atoms with E-state index in [2.05, 4.69) is 10.3 Å². The molecule has 2 aliphatic heterocycles. The van der Waals surface area contributed by atoms with Gasteiger partial charge in [-0.25, -0.2) is 9.69 Å². The van der Waals surface area contributed by atoms with Gasteiger partial charge in [0.2, 0.25) is 0 Å². The molecule has 0 bridgehead atoms. The van der Waals surface area contributed by atoms with Crippen molar-refractivity contribution in [2.45, 2.75) is 32.0 Å². The highest BCUT2D eigenvalue weighted by molar-refractivity contribution is 6.24. The number of carbonyl (C=O) groups is 3. The molecule has 3 heterocycles. The zero-order valence-corrected chi connectivity index (χ0v) is 23.8. The number of aryl methyl sites for hydroxylation is 1. The number of urea groups is 1. The van der Waals surface area contributed by atoms with Gasteiger partial charge in [0, 0.05) is 29.6 Å². The molecule has 1 saturated heterocycles. The Morgan fingerprint density at radius 1 is 0.953 bits per heavy atom. The Balaban J connectivity index is 1.28. The molecular formula is C35H30N4O4. The minimum atomic E-state index is -0.737. The number of nitrogens with one attached hydrogen (secondary N) is 2. The van der Waals surface area contributed by atoms with Gasteiger partial charge in [-0.3, -0.25) is 14.5 Å². The van der Waals surface area contributed by atoms with E-state index in [4.69, 9.17) is 4.74 Å². The van der Waals surface area contributed by atoms with E-state index in [1.165, 1.54) is 4.90 Å². The second kappa shape index (κ2) is 10.5. The molecule has 0 saturated carbocycles. The fourth-order valence-corrected chi connectivity index (χ4v) is 6.30. The van der Waals surface area contributed by atoms with Crippen LogP contribution in [0.1, 0.15) is 44.3 Å². The number of imide groups is 1. The molecule has 214 valence electrons. The van der Waals surface area contributed by atoms with Crippen LogP contribution in [-0.2, 0) is 17.8 Å². The van der Waals surface area contributed by atoms with Gasteiger partial charge in [-0.05, 0) is 53.9 Å². The third-order valence-corrected chi connectivity index (χ3v) is 8.42. The first-order valence-electron chi connectivity index (χ1n) is 14.3. The summed E-state index contributed by atoms with van der Waals surface area (Å²) in [5.41, 5.74) is 6.28. The van der Waals surface area contributed by atoms with Gasteiger partial charge < -0.3 is 15.0 Å². The predicted molar refractivity (Wildman–Crippen MR) is 164 cm³/mol. The van der Waals surface area contributed by atoms with Gasteiger partial charge in [-0.1, -0.05) is 72.3 Å². The van der Waals surface area contributed by atoms with Crippen LogP contribution < -0.4 is 15.0 Å². The van der Waals surface area contributed by atoms with Gasteiger partial charge in [0.15, 0.2) is 0 Å². The number of benzene rings is 4. The summed E-state index contributed by atoms with van der Waals surface area (Å²) in [5.74, 6) is -0.0578. The van der Waals surface area contributed by atoms with E-state index in [1.807, 2.05) is 79.7 Å². The smallest absolute Gasteiger partial charge is 0.332 e. The molecule has 0 unspecified atom stereocenters. The van der Waals surface area contributed by atoms with Gasteiger partial charge in [-0.15, -0.1) is 0 Å². The van der Waals surface area contributed by atoms with Crippen LogP contribution in [0.5, 0.6) is 5.75 Å². The first kappa shape index (κ1) is 26.5. The summed E-state index contributed by atoms with van der Waals surface area (Å²) < 4.78 is 5.51. The number of aromatic nitrogens is 1. The maximum Gasteiger partial charge on any atom is 0.332 e. The van der Waals surface area contributed by atoms with Crippen molar-refractivity contribution in [3.05, 3.63) is 131 Å². The van der Waals surface area contributed by atoms with Crippen molar-refractivity contribution < 1.29 is 19.1 Å². The molecular weight excluding hydrogens is 540 g/mol. The van der Waals surface area contributed by atoms with Gasteiger partial charge in [0.1, 0.15) is 17.8 Å². The summed E-state index contributed by atoms with van der Waals surface area (Å²) in [6.07, 6.45) is 0.364. The van der Waals surface area contributed by atoms with Crippen LogP contribution >= 0.6 is 0 Å². The summed E-state index contributed by atoms with van der Waals surface area (Å²) >= 11 is 0. The fraction of sp³-hybridized carbons (Fsp3) is 0.171. The monoisotopic (exact) mass is 570 g/mol. The Morgan fingerprint density at radius 3 is 2.53 bits per heavy atom. The van der Waals surface area contributed by atoms with Gasteiger partial charge in [0.25, 0.3) is 11.8 Å². The SMILES string of the molecule is COc1cccc([C@@H]2c3[nH]c4ccccc4c3C[C@H]3C(=O)N(c4ccccc4C(=O)NCc4ccc(C)cc4)C(=O)N23)c1. The van der Waals surface area contributed by atoms with Crippen molar-refractivity contribution in [2.24, 2.45) is 0 Å². The van der Waals surface area contributed by atoms with Crippen LogP contribution in [-0.4, -0.2) is 40.9 Å². The van der Waals surface area contributed by atoms with Gasteiger partial charge >= 0.3 is 6.03 Å². The lowest BCUT2D eigenvalue weighted by Gasteiger charge is -2.36. The average molecular weight is 571 g/mol. The molecule has 5 aromatic rings. The number of aromatic amines is 1. The third-order valence-electron chi connectivity index (χ3n) is 8.42. The van der Waals surface area contributed by atoms with E-state index in [0.29, 0.717) is 18.7 Å². The number of hydrogen-bond acceptors (Lipinski definition) is 4. The van der Waals surface area contributed by atoms with Crippen molar-refractivity contribution in [2.75, 3.05) is 12.0 Å². The molecule has 8 heteroatoms. The topological polar surface area (TPSA) is 94.7 Å². The van der Waals surface area contributed by atoms with Crippen molar-refractivity contribution in [3.63, 3.8) is 0 Å². The Kier molecular flexibility index (Phi) is 6.46. The number of para-hydroxylation sites is 2. The van der Waals surface area contributed by atoms with E-state index >= 15 is 0 Å². The van der Waals surface area contributed by atoms with Crippen molar-refractivity contribution >= 4 is 34.4 Å². The van der Waals surface area contributed by atoms with E-state index in [0.717, 1.165) is 38.9 Å². The molecule has 0 radical (unpaired) electrons. The number of methoxy groups -OCH3 is 1. The standard InChI is InChI=1S/C35H30N4O4/c1-21-14-16-22(17-15-21)20-36-33(40)26-11-4-6-13-29(26)39-34(41)30-19-27-25-10-3-5-12-28(25)37-31(27)32(38(30)35(39)42)23-8-7-9-24(18-23)43-2/h3-18,30,32,37H,19-20H2,1-2H3,(H,36,40)/t30-,32+/m0/s1. The molecule has 4 amide bonds. The van der Waals surface area contributed by atoms with Crippen LogP contribution in [0.4, 0.5) is 10.5 Å². The minimum Gasteiger partial charge on any atom is -0.497 e. The third kappa shape index (κ3) is 4.43. The Morgan fingerprint density at radius 2 is 1.72 bits per heavy atom. The fourth-order valence-electron chi connectivity index (χ4n) is 6.30. The molecule has 8 nitrogen and oxygen atoms in total. The Hall–Kier alpha value is -5.37. The molecule has 1 fully saturated rings. The highest BCUT2D eigenvalue weighted by atomic mass is 16.5. The lowest BCUT2D eigenvalue weighted by atomic mass is 9.89. The summed E-state index contributed by atoms with van der Waals surface area (Å²) in [7, 11) is 1.60. The molecule has 0 spiro atoms. The second-order valence-electron chi connectivity index (χ2n) is 11.0. The van der Waals surface area contributed by atoms with Gasteiger partial charge in [-0.2, -0.15) is 0 Å². The number of H-pyrrole nitrogens is 1. The number of amides is 4. The van der Waals surface area contributed by atoms with Crippen LogP contribution in [0.15, 0.2) is 97.1 Å². The first-order valence-corrected chi connectivity index (χ1v) is 14.3. The summed E-state index contributed by atoms with van der Waals surface area (Å²) in [6, 6.07) is 28.5. The number of rotatable bonds is 6. The lowest BCUT2D eigenvalue weighted by molar-refractivity contribution is -0.120. The van der Waals surface area contributed by atoms with E-state index in [1.54, 1.807) is 36.3 Å². The first-order chi connectivity index (χ1) is 20.9. The van der Waals surface area contributed by atoms with Crippen molar-refractivity contribution in [1.29, 1.82) is 0 Å². The van der Waals surface area contributed by atoms with Gasteiger partial charge in [0.05, 0.1) is 18.4 Å². The molecule has 2 atom stereocenters. The molecule has 0 aliphatic carbocycles. The van der Waals surface area contributed by atoms with E-state index in [-0.39, 0.29) is 23.1 Å². The number of nitrogens with zero attached hydrogens (tertiary/aromatic N) is 2. The van der Waals surface area contributed by atoms with E-state index in [9.17, 15) is 14.4 Å². The molecule has 2 N–H and O–H groups in total. The number of anilines is 1. The summed E-state index contributed by atoms with van der Waals surface area (Å²) in [4.78, 5) is 48.4. The maximum absolute atomic E-state index is 14.4. The molecule has 7 rings (SSSR count). The van der Waals surface area contributed by atoms with Crippen molar-refractivity contribution in [1.82, 2.24) is 15.2 Å². The maximum atomic E-state index is 14.4. The number of hydrogen-bond donors (Lipinski definition) is 2. The Labute approximate surface area is 248 Å². The number of ether oxygens (including phenoxy) is 1. The highest BCUT2D eigenvalue weighted by Gasteiger charge is 2.53. The van der Waals surface area contributed by atoms with Crippen LogP contribution in [0.25, 0.3) is 10.9 Å². The zero-order chi connectivity index (χ0) is 29.7. The quantitative estimate of drug-likeness (QED) is 0.249. The van der Waals surface area contributed by atoms with Crippen LogP contribution in [0.2, 0.25) is 0 Å².